The van der Waals surface area contributed by atoms with E-state index in [1.807, 2.05) is 0 Å². The van der Waals surface area contributed by atoms with Gasteiger partial charge in [0.15, 0.2) is 0 Å². The van der Waals surface area contributed by atoms with E-state index < -0.39 is 5.82 Å². The summed E-state index contributed by atoms with van der Waals surface area (Å²) in [6.45, 7) is 0.217. The lowest BCUT2D eigenvalue weighted by molar-refractivity contribution is 0.0783. The van der Waals surface area contributed by atoms with E-state index in [4.69, 9.17) is 17.3 Å². The summed E-state index contributed by atoms with van der Waals surface area (Å²) in [5, 5.41) is 5.93. The lowest BCUT2D eigenvalue weighted by Crippen LogP contribution is -2.27. The first kappa shape index (κ1) is 18.1. The van der Waals surface area contributed by atoms with Crippen LogP contribution < -0.4 is 5.73 Å². The smallest absolute Gasteiger partial charge is 0.255 e. The fourth-order valence-electron chi connectivity index (χ4n) is 3.16. The third kappa shape index (κ3) is 3.01. The zero-order valence-electron chi connectivity index (χ0n) is 15.1. The van der Waals surface area contributed by atoms with Crippen LogP contribution in [0.15, 0.2) is 36.7 Å². The number of carbonyl (C=O) groups excluding carboxylic acids is 1. The Kier molecular flexibility index (Phi) is 4.35. The van der Waals surface area contributed by atoms with E-state index in [-0.39, 0.29) is 17.5 Å². The standard InChI is InChI=1S/C19H16ClFN6O/c1-26(9-11-4-3-10(21)7-23-11)19(28)12-5-13-16(6-15(12)20)25-18(22)14-8-24-27(2)17(13)14/h3-8H,9H2,1-2H3,(H2,22,25). The van der Waals surface area contributed by atoms with Gasteiger partial charge in [-0.15, -0.1) is 0 Å². The number of carbonyl (C=O) groups is 1. The highest BCUT2D eigenvalue weighted by Gasteiger charge is 2.19. The van der Waals surface area contributed by atoms with Crippen LogP contribution in [-0.4, -0.2) is 37.6 Å². The van der Waals surface area contributed by atoms with Gasteiger partial charge in [0.25, 0.3) is 5.91 Å². The second-order valence-corrected chi connectivity index (χ2v) is 6.91. The fraction of sp³-hybridized carbons (Fsp3) is 0.158. The molecule has 0 spiro atoms. The van der Waals surface area contributed by atoms with E-state index in [1.54, 1.807) is 37.1 Å². The van der Waals surface area contributed by atoms with Gasteiger partial charge in [-0.1, -0.05) is 11.6 Å². The fourth-order valence-corrected chi connectivity index (χ4v) is 3.40. The van der Waals surface area contributed by atoms with Crippen LogP contribution >= 0.6 is 11.6 Å². The molecule has 0 unspecified atom stereocenters. The van der Waals surface area contributed by atoms with E-state index in [2.05, 4.69) is 15.1 Å². The number of nitrogens with zero attached hydrogens (tertiary/aromatic N) is 5. The Balaban J connectivity index is 1.77. The number of aryl methyl sites for hydroxylation is 1. The Morgan fingerprint density at radius 1 is 1.29 bits per heavy atom. The zero-order chi connectivity index (χ0) is 20.0. The second-order valence-electron chi connectivity index (χ2n) is 6.51. The molecule has 0 aliphatic heterocycles. The summed E-state index contributed by atoms with van der Waals surface area (Å²) in [6, 6.07) is 6.16. The highest BCUT2D eigenvalue weighted by molar-refractivity contribution is 6.35. The number of pyridine rings is 2. The van der Waals surface area contributed by atoms with Crippen molar-refractivity contribution in [2.75, 3.05) is 12.8 Å². The third-order valence-electron chi connectivity index (χ3n) is 4.56. The molecule has 0 bridgehead atoms. The Bertz CT molecular complexity index is 1220. The molecular formula is C19H16ClFN6O. The molecule has 3 aromatic heterocycles. The van der Waals surface area contributed by atoms with Crippen LogP contribution in [0.2, 0.25) is 5.02 Å². The summed E-state index contributed by atoms with van der Waals surface area (Å²) in [6.07, 6.45) is 2.76. The van der Waals surface area contributed by atoms with Crippen LogP contribution in [0.3, 0.4) is 0 Å². The largest absolute Gasteiger partial charge is 0.383 e. The molecule has 4 rings (SSSR count). The van der Waals surface area contributed by atoms with Crippen LogP contribution in [-0.2, 0) is 13.6 Å². The number of nitrogen functional groups attached to an aromatic ring is 1. The van der Waals surface area contributed by atoms with Crippen LogP contribution in [0.1, 0.15) is 16.1 Å². The molecule has 4 aromatic rings. The lowest BCUT2D eigenvalue weighted by atomic mass is 10.1. The Labute approximate surface area is 164 Å². The van der Waals surface area contributed by atoms with Gasteiger partial charge in [-0.25, -0.2) is 9.37 Å². The molecule has 1 amide bonds. The topological polar surface area (TPSA) is 89.9 Å². The van der Waals surface area contributed by atoms with Crippen LogP contribution in [0.4, 0.5) is 10.2 Å². The quantitative estimate of drug-likeness (QED) is 0.572. The van der Waals surface area contributed by atoms with E-state index in [1.165, 1.54) is 17.0 Å². The first-order valence-corrected chi connectivity index (χ1v) is 8.79. The van der Waals surface area contributed by atoms with E-state index in [9.17, 15) is 9.18 Å². The van der Waals surface area contributed by atoms with Crippen molar-refractivity contribution in [3.05, 3.63) is 58.8 Å². The summed E-state index contributed by atoms with van der Waals surface area (Å²) in [7, 11) is 3.43. The number of hydrogen-bond donors (Lipinski definition) is 1. The van der Waals surface area contributed by atoms with Crippen molar-refractivity contribution in [1.82, 2.24) is 24.6 Å². The molecule has 0 saturated heterocycles. The predicted molar refractivity (Wildman–Crippen MR) is 105 cm³/mol. The van der Waals surface area contributed by atoms with Crippen LogP contribution in [0.25, 0.3) is 21.8 Å². The Morgan fingerprint density at radius 2 is 2.07 bits per heavy atom. The third-order valence-corrected chi connectivity index (χ3v) is 4.87. The maximum atomic E-state index is 13.0. The molecule has 7 nitrogen and oxygen atoms in total. The van der Waals surface area contributed by atoms with E-state index in [0.29, 0.717) is 28.0 Å². The van der Waals surface area contributed by atoms with Gasteiger partial charge >= 0.3 is 0 Å². The van der Waals surface area contributed by atoms with Crippen molar-refractivity contribution in [2.45, 2.75) is 6.54 Å². The van der Waals surface area contributed by atoms with Gasteiger partial charge in [0.1, 0.15) is 11.6 Å². The minimum absolute atomic E-state index is 0.217. The molecule has 9 heteroatoms. The normalized spacial score (nSPS) is 11.3. The zero-order valence-corrected chi connectivity index (χ0v) is 15.9. The Hall–Kier alpha value is -3.26. The molecular weight excluding hydrogens is 383 g/mol. The molecule has 0 saturated carbocycles. The molecule has 2 N–H and O–H groups in total. The summed E-state index contributed by atoms with van der Waals surface area (Å²) < 4.78 is 14.7. The van der Waals surface area contributed by atoms with Crippen LogP contribution in [0.5, 0.6) is 0 Å². The SMILES string of the molecule is CN(Cc1ccc(F)cn1)C(=O)c1cc2c(cc1Cl)nc(N)c1cnn(C)c12. The maximum Gasteiger partial charge on any atom is 0.255 e. The van der Waals surface area contributed by atoms with Gasteiger partial charge in [0, 0.05) is 19.5 Å². The first-order valence-electron chi connectivity index (χ1n) is 8.41. The highest BCUT2D eigenvalue weighted by atomic mass is 35.5. The van der Waals surface area contributed by atoms with Crippen molar-refractivity contribution < 1.29 is 9.18 Å². The average Bonchev–Trinajstić information content (AvgIpc) is 3.05. The number of rotatable bonds is 3. The van der Waals surface area contributed by atoms with Gasteiger partial charge < -0.3 is 10.6 Å². The van der Waals surface area contributed by atoms with Crippen LogP contribution in [0, 0.1) is 5.82 Å². The maximum absolute atomic E-state index is 13.0. The Morgan fingerprint density at radius 3 is 2.79 bits per heavy atom. The molecule has 3 heterocycles. The second kappa shape index (κ2) is 6.72. The highest BCUT2D eigenvalue weighted by Crippen LogP contribution is 2.31. The number of aromatic nitrogens is 4. The molecule has 0 fully saturated rings. The number of nitrogens with two attached hydrogens (primary N) is 1. The molecule has 28 heavy (non-hydrogen) atoms. The van der Waals surface area contributed by atoms with Crippen molar-refractivity contribution in [2.24, 2.45) is 7.05 Å². The van der Waals surface area contributed by atoms with Crippen molar-refractivity contribution in [1.29, 1.82) is 0 Å². The molecule has 0 aliphatic carbocycles. The number of anilines is 1. The lowest BCUT2D eigenvalue weighted by Gasteiger charge is -2.18. The van der Waals surface area contributed by atoms with Crippen molar-refractivity contribution >= 4 is 45.1 Å². The summed E-state index contributed by atoms with van der Waals surface area (Å²) in [4.78, 5) is 22.8. The number of benzene rings is 1. The van der Waals surface area contributed by atoms with Gasteiger partial charge in [0.05, 0.1) is 51.6 Å². The summed E-state index contributed by atoms with van der Waals surface area (Å²) in [5.74, 6) is -0.363. The van der Waals surface area contributed by atoms with E-state index >= 15 is 0 Å². The number of fused-ring (bicyclic) bond motifs is 3. The molecule has 1 aromatic carbocycles. The average molecular weight is 399 g/mol. The van der Waals surface area contributed by atoms with Gasteiger partial charge in [-0.3, -0.25) is 14.5 Å². The van der Waals surface area contributed by atoms with Crippen molar-refractivity contribution in [3.63, 3.8) is 0 Å². The van der Waals surface area contributed by atoms with Crippen molar-refractivity contribution in [3.8, 4) is 0 Å². The molecule has 0 atom stereocenters. The van der Waals surface area contributed by atoms with Gasteiger partial charge in [0.2, 0.25) is 0 Å². The minimum Gasteiger partial charge on any atom is -0.383 e. The monoisotopic (exact) mass is 398 g/mol. The first-order chi connectivity index (χ1) is 13.3. The summed E-state index contributed by atoms with van der Waals surface area (Å²) >= 11 is 6.37. The van der Waals surface area contributed by atoms with Gasteiger partial charge in [-0.2, -0.15) is 5.10 Å². The number of halogens is 2. The minimum atomic E-state index is -0.428. The molecule has 0 radical (unpaired) electrons. The van der Waals surface area contributed by atoms with Gasteiger partial charge in [-0.05, 0) is 24.3 Å². The number of hydrogen-bond acceptors (Lipinski definition) is 5. The predicted octanol–water partition coefficient (Wildman–Crippen LogP) is 3.16. The molecule has 142 valence electrons. The summed E-state index contributed by atoms with van der Waals surface area (Å²) in [5.41, 5.74) is 8.26. The molecule has 0 aliphatic rings. The number of amides is 1. The van der Waals surface area contributed by atoms with E-state index in [0.717, 1.165) is 17.1 Å².